The lowest BCUT2D eigenvalue weighted by Gasteiger charge is -2.19. The topological polar surface area (TPSA) is 87.7 Å². The van der Waals surface area contributed by atoms with Gasteiger partial charge in [-0.15, -0.1) is 0 Å². The molecule has 0 saturated carbocycles. The number of nitrogens with zero attached hydrogens (tertiary/aromatic N) is 2. The molecule has 1 aromatic carbocycles. The smallest absolute Gasteiger partial charge is 0.248 e. The molecule has 102 valence electrons. The Kier molecular flexibility index (Phi) is 3.32. The van der Waals surface area contributed by atoms with E-state index in [1.54, 1.807) is 12.1 Å². The van der Waals surface area contributed by atoms with E-state index in [1.807, 2.05) is 12.1 Å². The fraction of sp³-hybridized carbons (Fsp3) is 0.333. The van der Waals surface area contributed by atoms with Crippen LogP contribution in [0.15, 0.2) is 35.5 Å². The molecule has 0 spiro atoms. The molecule has 0 bridgehead atoms. The molecule has 0 aliphatic rings. The van der Waals surface area contributed by atoms with Crippen LogP contribution in [0.25, 0.3) is 0 Å². The molecule has 1 heterocycles. The summed E-state index contributed by atoms with van der Waals surface area (Å²) in [6.45, 7) is 6.22. The Morgan fingerprint density at radius 3 is 2.26 bits per heavy atom. The zero-order valence-electron chi connectivity index (χ0n) is 11.0. The minimum absolute atomic E-state index is 0.0132. The van der Waals surface area contributed by atoms with Crippen molar-refractivity contribution in [1.29, 1.82) is 0 Å². The first-order valence-electron chi connectivity index (χ1n) is 5.78. The summed E-state index contributed by atoms with van der Waals surface area (Å²) in [5, 5.41) is 6.03. The van der Waals surface area contributed by atoms with Crippen LogP contribution in [-0.4, -0.2) is 23.6 Å². The number of aromatic nitrogens is 3. The standard InChI is InChI=1S/C12H16N4O2S/c1-12(2,3)9-4-6-10(7-5-9)19(17,18)16-11-13-8-14-15-11/h4-8H,1-3H3,(H2,13,14,15,16). The Labute approximate surface area is 112 Å². The quantitative estimate of drug-likeness (QED) is 0.899. The summed E-state index contributed by atoms with van der Waals surface area (Å²) in [5.74, 6) is 0.0971. The predicted molar refractivity (Wildman–Crippen MR) is 72.3 cm³/mol. The van der Waals surface area contributed by atoms with Gasteiger partial charge in [-0.2, -0.15) is 10.1 Å². The monoisotopic (exact) mass is 280 g/mol. The Morgan fingerprint density at radius 1 is 1.16 bits per heavy atom. The third kappa shape index (κ3) is 3.11. The molecule has 0 aliphatic carbocycles. The third-order valence-corrected chi connectivity index (χ3v) is 4.03. The third-order valence-electron chi connectivity index (χ3n) is 2.68. The van der Waals surface area contributed by atoms with Gasteiger partial charge in [-0.05, 0) is 23.1 Å². The van der Waals surface area contributed by atoms with Crippen molar-refractivity contribution in [2.24, 2.45) is 0 Å². The second kappa shape index (κ2) is 4.65. The fourth-order valence-electron chi connectivity index (χ4n) is 1.57. The first kappa shape index (κ1) is 13.5. The molecule has 0 saturated heterocycles. The summed E-state index contributed by atoms with van der Waals surface area (Å²) in [6.07, 6.45) is 1.24. The second-order valence-corrected chi connectivity index (χ2v) is 6.90. The second-order valence-electron chi connectivity index (χ2n) is 5.21. The Hall–Kier alpha value is -1.89. The lowest BCUT2D eigenvalue weighted by Crippen LogP contribution is -2.15. The average molecular weight is 280 g/mol. The summed E-state index contributed by atoms with van der Waals surface area (Å²) in [5.41, 5.74) is 1.06. The molecule has 2 aromatic rings. The van der Waals surface area contributed by atoms with E-state index in [4.69, 9.17) is 0 Å². The Morgan fingerprint density at radius 2 is 1.79 bits per heavy atom. The maximum absolute atomic E-state index is 12.1. The zero-order chi connectivity index (χ0) is 14.1. The average Bonchev–Trinajstić information content (AvgIpc) is 2.80. The number of nitrogens with one attached hydrogen (secondary N) is 2. The van der Waals surface area contributed by atoms with Crippen LogP contribution in [0.1, 0.15) is 26.3 Å². The predicted octanol–water partition coefficient (Wildman–Crippen LogP) is 1.90. The number of hydrogen-bond donors (Lipinski definition) is 2. The summed E-state index contributed by atoms with van der Waals surface area (Å²) < 4.78 is 26.4. The van der Waals surface area contributed by atoms with Crippen LogP contribution in [0, 0.1) is 0 Å². The Balaban J connectivity index is 2.27. The molecular formula is C12H16N4O2S. The van der Waals surface area contributed by atoms with Crippen molar-refractivity contribution >= 4 is 16.0 Å². The summed E-state index contributed by atoms with van der Waals surface area (Å²) >= 11 is 0. The molecule has 0 amide bonds. The van der Waals surface area contributed by atoms with Crippen molar-refractivity contribution < 1.29 is 8.42 Å². The van der Waals surface area contributed by atoms with Gasteiger partial charge in [-0.25, -0.2) is 18.2 Å². The van der Waals surface area contributed by atoms with E-state index in [-0.39, 0.29) is 16.3 Å². The maximum Gasteiger partial charge on any atom is 0.264 e. The van der Waals surface area contributed by atoms with Crippen LogP contribution >= 0.6 is 0 Å². The van der Waals surface area contributed by atoms with E-state index < -0.39 is 10.0 Å². The molecule has 6 nitrogen and oxygen atoms in total. The van der Waals surface area contributed by atoms with Crippen LogP contribution in [0.2, 0.25) is 0 Å². The van der Waals surface area contributed by atoms with E-state index in [1.165, 1.54) is 6.33 Å². The van der Waals surface area contributed by atoms with Crippen LogP contribution in [-0.2, 0) is 15.4 Å². The summed E-state index contributed by atoms with van der Waals surface area (Å²) in [4.78, 5) is 3.92. The number of benzene rings is 1. The number of rotatable bonds is 3. The molecule has 0 atom stereocenters. The van der Waals surface area contributed by atoms with Crippen molar-refractivity contribution in [2.75, 3.05) is 4.72 Å². The van der Waals surface area contributed by atoms with Crippen molar-refractivity contribution in [3.63, 3.8) is 0 Å². The number of sulfonamides is 1. The SMILES string of the molecule is CC(C)(C)c1ccc(S(=O)(=O)Nc2ncn[nH]2)cc1. The molecule has 7 heteroatoms. The summed E-state index contributed by atoms with van der Waals surface area (Å²) in [6, 6.07) is 6.79. The molecule has 0 aliphatic heterocycles. The molecular weight excluding hydrogens is 264 g/mol. The van der Waals surface area contributed by atoms with E-state index >= 15 is 0 Å². The lowest BCUT2D eigenvalue weighted by atomic mass is 9.87. The van der Waals surface area contributed by atoms with Crippen LogP contribution in [0.4, 0.5) is 5.95 Å². The van der Waals surface area contributed by atoms with Crippen molar-refractivity contribution in [1.82, 2.24) is 15.2 Å². The normalized spacial score (nSPS) is 12.4. The highest BCUT2D eigenvalue weighted by atomic mass is 32.2. The van der Waals surface area contributed by atoms with Gasteiger partial charge >= 0.3 is 0 Å². The van der Waals surface area contributed by atoms with E-state index in [0.717, 1.165) is 5.56 Å². The highest BCUT2D eigenvalue weighted by Crippen LogP contribution is 2.23. The van der Waals surface area contributed by atoms with Gasteiger partial charge in [0.05, 0.1) is 4.90 Å². The van der Waals surface area contributed by atoms with E-state index in [2.05, 4.69) is 40.7 Å². The van der Waals surface area contributed by atoms with Gasteiger partial charge in [0.2, 0.25) is 5.95 Å². The molecule has 2 rings (SSSR count). The van der Waals surface area contributed by atoms with Gasteiger partial charge in [-0.1, -0.05) is 32.9 Å². The zero-order valence-corrected chi connectivity index (χ0v) is 11.8. The number of H-pyrrole nitrogens is 1. The van der Waals surface area contributed by atoms with Gasteiger partial charge in [0.1, 0.15) is 6.33 Å². The van der Waals surface area contributed by atoms with Gasteiger partial charge in [-0.3, -0.25) is 0 Å². The maximum atomic E-state index is 12.1. The number of hydrogen-bond acceptors (Lipinski definition) is 4. The molecule has 0 unspecified atom stereocenters. The number of anilines is 1. The van der Waals surface area contributed by atoms with Gasteiger partial charge in [0.25, 0.3) is 10.0 Å². The molecule has 2 N–H and O–H groups in total. The van der Waals surface area contributed by atoms with Crippen LogP contribution in [0.5, 0.6) is 0 Å². The highest BCUT2D eigenvalue weighted by Gasteiger charge is 2.18. The van der Waals surface area contributed by atoms with E-state index in [0.29, 0.717) is 0 Å². The Bertz CT molecular complexity index is 640. The minimum atomic E-state index is -3.63. The molecule has 0 radical (unpaired) electrons. The highest BCUT2D eigenvalue weighted by molar-refractivity contribution is 7.92. The molecule has 19 heavy (non-hydrogen) atoms. The minimum Gasteiger partial charge on any atom is -0.248 e. The van der Waals surface area contributed by atoms with Gasteiger partial charge in [0.15, 0.2) is 0 Å². The number of aromatic amines is 1. The largest absolute Gasteiger partial charge is 0.264 e. The summed E-state index contributed by atoms with van der Waals surface area (Å²) in [7, 11) is -3.63. The van der Waals surface area contributed by atoms with Crippen molar-refractivity contribution in [3.8, 4) is 0 Å². The fourth-order valence-corrected chi connectivity index (χ4v) is 2.54. The van der Waals surface area contributed by atoms with Gasteiger partial charge < -0.3 is 0 Å². The first-order valence-corrected chi connectivity index (χ1v) is 7.26. The molecule has 1 aromatic heterocycles. The van der Waals surface area contributed by atoms with Crippen LogP contribution in [0.3, 0.4) is 0 Å². The molecule has 0 fully saturated rings. The first-order chi connectivity index (χ1) is 8.79. The van der Waals surface area contributed by atoms with Gasteiger partial charge in [0, 0.05) is 0 Å². The van der Waals surface area contributed by atoms with Crippen molar-refractivity contribution in [3.05, 3.63) is 36.2 Å². The van der Waals surface area contributed by atoms with E-state index in [9.17, 15) is 8.42 Å². The lowest BCUT2D eigenvalue weighted by molar-refractivity contribution is 0.587. The van der Waals surface area contributed by atoms with Crippen molar-refractivity contribution in [2.45, 2.75) is 31.1 Å². The van der Waals surface area contributed by atoms with Crippen LogP contribution < -0.4 is 4.72 Å².